The van der Waals surface area contributed by atoms with Gasteiger partial charge in [-0.2, -0.15) is 0 Å². The average Bonchev–Trinajstić information content (AvgIpc) is 2.87. The zero-order valence-electron chi connectivity index (χ0n) is 9.71. The number of thioether (sulfide) groups is 1. The topological polar surface area (TPSA) is 41.1 Å². The van der Waals surface area contributed by atoms with Crippen LogP contribution in [-0.4, -0.2) is 30.1 Å². The van der Waals surface area contributed by atoms with E-state index in [4.69, 9.17) is 0 Å². The first-order chi connectivity index (χ1) is 8.66. The first-order valence-corrected chi connectivity index (χ1v) is 6.85. The van der Waals surface area contributed by atoms with Gasteiger partial charge in [0, 0.05) is 18.2 Å². The van der Waals surface area contributed by atoms with Crippen molar-refractivity contribution in [2.75, 3.05) is 18.2 Å². The van der Waals surface area contributed by atoms with Crippen molar-refractivity contribution in [1.29, 1.82) is 0 Å². The monoisotopic (exact) mass is 272 g/mol. The maximum atomic E-state index is 12.9. The van der Waals surface area contributed by atoms with Crippen LogP contribution in [0.4, 0.5) is 8.78 Å². The minimum atomic E-state index is -0.854. The lowest BCUT2D eigenvalue weighted by molar-refractivity contribution is -0.122. The van der Waals surface area contributed by atoms with Crippen molar-refractivity contribution in [1.82, 2.24) is 10.6 Å². The highest BCUT2D eigenvalue weighted by Gasteiger charge is 2.21. The third kappa shape index (κ3) is 3.43. The quantitative estimate of drug-likeness (QED) is 0.867. The van der Waals surface area contributed by atoms with Crippen LogP contribution < -0.4 is 10.6 Å². The molecule has 2 N–H and O–H groups in total. The van der Waals surface area contributed by atoms with Crippen molar-refractivity contribution in [3.8, 4) is 0 Å². The molecule has 3 nitrogen and oxygen atoms in total. The van der Waals surface area contributed by atoms with Gasteiger partial charge in [-0.3, -0.25) is 10.1 Å². The number of hydrogen-bond acceptors (Lipinski definition) is 3. The van der Waals surface area contributed by atoms with Gasteiger partial charge in [-0.05, 0) is 24.1 Å². The van der Waals surface area contributed by atoms with E-state index in [1.165, 1.54) is 6.07 Å². The second-order valence-electron chi connectivity index (χ2n) is 4.06. The van der Waals surface area contributed by atoms with Crippen LogP contribution in [0, 0.1) is 11.6 Å². The van der Waals surface area contributed by atoms with Gasteiger partial charge in [0.05, 0.1) is 6.04 Å². The number of carbonyl (C=O) groups excluding carboxylic acids is 1. The molecule has 18 heavy (non-hydrogen) atoms. The van der Waals surface area contributed by atoms with Gasteiger partial charge in [-0.15, -0.1) is 11.8 Å². The molecule has 0 bridgehead atoms. The molecule has 0 radical (unpaired) electrons. The average molecular weight is 272 g/mol. The smallest absolute Gasteiger partial charge is 0.238 e. The van der Waals surface area contributed by atoms with Gasteiger partial charge in [0.25, 0.3) is 0 Å². The first-order valence-electron chi connectivity index (χ1n) is 5.69. The van der Waals surface area contributed by atoms with Crippen molar-refractivity contribution < 1.29 is 13.6 Å². The van der Waals surface area contributed by atoms with E-state index in [2.05, 4.69) is 10.6 Å². The Morgan fingerprint density at radius 2 is 2.28 bits per heavy atom. The fraction of sp³-hybridized carbons (Fsp3) is 0.417. The number of rotatable bonds is 4. The molecule has 1 aromatic carbocycles. The summed E-state index contributed by atoms with van der Waals surface area (Å²) in [6.45, 7) is 0.423. The summed E-state index contributed by atoms with van der Waals surface area (Å²) in [4.78, 5) is 11.6. The van der Waals surface area contributed by atoms with E-state index < -0.39 is 11.6 Å². The van der Waals surface area contributed by atoms with Crippen LogP contribution in [0.25, 0.3) is 0 Å². The molecule has 1 aliphatic rings. The molecule has 1 saturated heterocycles. The second-order valence-corrected chi connectivity index (χ2v) is 5.09. The standard InChI is InChI=1S/C12H14F2N2OS/c13-9-2-1-8(5-10(9)14)3-4-15-12(17)11-6-18-7-16-11/h1-2,5,11,16H,3-4,6-7H2,(H,15,17). The molecule has 6 heteroatoms. The van der Waals surface area contributed by atoms with Gasteiger partial charge in [-0.25, -0.2) is 8.78 Å². The Balaban J connectivity index is 1.77. The van der Waals surface area contributed by atoms with E-state index in [9.17, 15) is 13.6 Å². The van der Waals surface area contributed by atoms with Crippen LogP contribution in [-0.2, 0) is 11.2 Å². The van der Waals surface area contributed by atoms with Crippen molar-refractivity contribution >= 4 is 17.7 Å². The van der Waals surface area contributed by atoms with Gasteiger partial charge in [0.1, 0.15) is 0 Å². The largest absolute Gasteiger partial charge is 0.354 e. The number of amides is 1. The highest BCUT2D eigenvalue weighted by Crippen LogP contribution is 2.10. The Morgan fingerprint density at radius 3 is 2.94 bits per heavy atom. The maximum Gasteiger partial charge on any atom is 0.238 e. The minimum Gasteiger partial charge on any atom is -0.354 e. The molecule has 0 spiro atoms. The Morgan fingerprint density at radius 1 is 1.44 bits per heavy atom. The van der Waals surface area contributed by atoms with E-state index in [1.54, 1.807) is 11.8 Å². The first kappa shape index (κ1) is 13.3. The zero-order valence-corrected chi connectivity index (χ0v) is 10.5. The zero-order chi connectivity index (χ0) is 13.0. The van der Waals surface area contributed by atoms with Crippen LogP contribution in [0.3, 0.4) is 0 Å². The van der Waals surface area contributed by atoms with Crippen LogP contribution in [0.15, 0.2) is 18.2 Å². The fourth-order valence-corrected chi connectivity index (χ4v) is 2.65. The minimum absolute atomic E-state index is 0.0393. The van der Waals surface area contributed by atoms with Crippen molar-refractivity contribution in [2.24, 2.45) is 0 Å². The molecule has 1 unspecified atom stereocenters. The summed E-state index contributed by atoms with van der Waals surface area (Å²) in [6.07, 6.45) is 0.489. The van der Waals surface area contributed by atoms with E-state index in [-0.39, 0.29) is 11.9 Å². The molecule has 1 amide bonds. The van der Waals surface area contributed by atoms with Crippen LogP contribution in [0.5, 0.6) is 0 Å². The summed E-state index contributed by atoms with van der Waals surface area (Å²) in [6, 6.07) is 3.64. The summed E-state index contributed by atoms with van der Waals surface area (Å²) >= 11 is 1.68. The molecule has 0 aliphatic carbocycles. The maximum absolute atomic E-state index is 12.9. The Labute approximate surface area is 108 Å². The van der Waals surface area contributed by atoms with Gasteiger partial charge in [0.2, 0.25) is 5.91 Å². The van der Waals surface area contributed by atoms with E-state index in [0.29, 0.717) is 18.5 Å². The SMILES string of the molecule is O=C(NCCc1ccc(F)c(F)c1)C1CSCN1. The van der Waals surface area contributed by atoms with Crippen LogP contribution in [0.1, 0.15) is 5.56 Å². The predicted molar refractivity (Wildman–Crippen MR) is 67.3 cm³/mol. The fourth-order valence-electron chi connectivity index (χ4n) is 1.71. The van der Waals surface area contributed by atoms with Gasteiger partial charge in [-0.1, -0.05) is 6.07 Å². The van der Waals surface area contributed by atoms with Crippen molar-refractivity contribution in [3.05, 3.63) is 35.4 Å². The molecule has 98 valence electrons. The summed E-state index contributed by atoms with van der Waals surface area (Å²) < 4.78 is 25.6. The van der Waals surface area contributed by atoms with Crippen molar-refractivity contribution in [3.63, 3.8) is 0 Å². The van der Waals surface area contributed by atoms with E-state index >= 15 is 0 Å². The molecule has 1 aromatic rings. The summed E-state index contributed by atoms with van der Waals surface area (Å²) in [5.74, 6) is -0.177. The number of benzene rings is 1. The summed E-state index contributed by atoms with van der Waals surface area (Å²) in [7, 11) is 0. The lowest BCUT2D eigenvalue weighted by Crippen LogP contribution is -2.42. The highest BCUT2D eigenvalue weighted by atomic mass is 32.2. The second kappa shape index (κ2) is 6.15. The van der Waals surface area contributed by atoms with E-state index in [0.717, 1.165) is 23.8 Å². The number of nitrogens with one attached hydrogen (secondary N) is 2. The molecule has 1 aliphatic heterocycles. The third-order valence-corrected chi connectivity index (χ3v) is 3.67. The Kier molecular flexibility index (Phi) is 4.54. The predicted octanol–water partition coefficient (Wildman–Crippen LogP) is 1.29. The number of carbonyl (C=O) groups is 1. The Bertz CT molecular complexity index is 436. The summed E-state index contributed by atoms with van der Waals surface area (Å²) in [5, 5.41) is 5.84. The lowest BCUT2D eigenvalue weighted by Gasteiger charge is -2.10. The van der Waals surface area contributed by atoms with Gasteiger partial charge in [0.15, 0.2) is 11.6 Å². The molecule has 1 heterocycles. The molecule has 2 rings (SSSR count). The third-order valence-electron chi connectivity index (χ3n) is 2.73. The lowest BCUT2D eigenvalue weighted by atomic mass is 10.1. The molecule has 1 fully saturated rings. The molecule has 0 saturated carbocycles. The van der Waals surface area contributed by atoms with Crippen LogP contribution in [0.2, 0.25) is 0 Å². The van der Waals surface area contributed by atoms with Crippen molar-refractivity contribution in [2.45, 2.75) is 12.5 Å². The molecule has 1 atom stereocenters. The molecular formula is C12H14F2N2OS. The highest BCUT2D eigenvalue weighted by molar-refractivity contribution is 7.99. The number of hydrogen-bond donors (Lipinski definition) is 2. The van der Waals surface area contributed by atoms with Gasteiger partial charge < -0.3 is 5.32 Å². The van der Waals surface area contributed by atoms with Crippen LogP contribution >= 0.6 is 11.8 Å². The normalized spacial score (nSPS) is 18.9. The van der Waals surface area contributed by atoms with E-state index in [1.807, 2.05) is 0 Å². The molecule has 0 aromatic heterocycles. The van der Waals surface area contributed by atoms with Gasteiger partial charge >= 0.3 is 0 Å². The number of halogens is 2. The summed E-state index contributed by atoms with van der Waals surface area (Å²) in [5.41, 5.74) is 0.669. The Hall–Kier alpha value is -1.14. The molecular weight excluding hydrogens is 258 g/mol.